The Morgan fingerprint density at radius 3 is 2.42 bits per heavy atom. The second-order valence-corrected chi connectivity index (χ2v) is 10.5. The molecule has 31 heavy (non-hydrogen) atoms. The van der Waals surface area contributed by atoms with Crippen molar-refractivity contribution in [3.05, 3.63) is 60.2 Å². The van der Waals surface area contributed by atoms with Crippen LogP contribution in [0.1, 0.15) is 29.6 Å². The van der Waals surface area contributed by atoms with Gasteiger partial charge in [0, 0.05) is 23.0 Å². The zero-order valence-corrected chi connectivity index (χ0v) is 18.1. The average molecular weight is 437 g/mol. The molecule has 3 aromatic rings. The van der Waals surface area contributed by atoms with E-state index in [4.69, 9.17) is 9.72 Å². The fraction of sp³-hybridized carbons (Fsp3) is 0.333. The molecule has 0 bridgehead atoms. The van der Waals surface area contributed by atoms with Crippen molar-refractivity contribution in [1.29, 1.82) is 0 Å². The molecule has 1 aliphatic heterocycles. The number of amides is 1. The molecule has 1 aliphatic carbocycles. The van der Waals surface area contributed by atoms with E-state index in [1.54, 1.807) is 7.11 Å². The number of carbonyl (C=O) groups excluding carboxylic acids is 1. The molecule has 1 atom stereocenters. The van der Waals surface area contributed by atoms with Crippen molar-refractivity contribution < 1.29 is 17.9 Å². The van der Waals surface area contributed by atoms with Gasteiger partial charge in [0.25, 0.3) is 5.91 Å². The third kappa shape index (κ3) is 3.90. The molecule has 1 unspecified atom stereocenters. The van der Waals surface area contributed by atoms with Gasteiger partial charge >= 0.3 is 0 Å². The van der Waals surface area contributed by atoms with Gasteiger partial charge in [-0.05, 0) is 55.7 Å². The van der Waals surface area contributed by atoms with Gasteiger partial charge in [-0.15, -0.1) is 0 Å². The molecule has 0 radical (unpaired) electrons. The molecule has 160 valence electrons. The maximum absolute atomic E-state index is 13.8. The predicted molar refractivity (Wildman–Crippen MR) is 120 cm³/mol. The summed E-state index contributed by atoms with van der Waals surface area (Å²) in [6.07, 6.45) is 2.37. The van der Waals surface area contributed by atoms with E-state index in [0.29, 0.717) is 17.7 Å². The van der Waals surface area contributed by atoms with Crippen LogP contribution in [0, 0.1) is 0 Å². The number of methoxy groups -OCH3 is 1. The number of benzene rings is 2. The van der Waals surface area contributed by atoms with Crippen LogP contribution < -0.4 is 4.74 Å². The molecular weight excluding hydrogens is 412 g/mol. The Balaban J connectivity index is 1.59. The molecule has 2 heterocycles. The second-order valence-electron chi connectivity index (χ2n) is 8.30. The highest BCUT2D eigenvalue weighted by Crippen LogP contribution is 2.35. The minimum atomic E-state index is -3.08. The van der Waals surface area contributed by atoms with Crippen molar-refractivity contribution in [2.24, 2.45) is 0 Å². The van der Waals surface area contributed by atoms with Gasteiger partial charge in [0.05, 0.1) is 35.4 Å². The largest absolute Gasteiger partial charge is 0.497 e. The van der Waals surface area contributed by atoms with Crippen LogP contribution in [0.4, 0.5) is 0 Å². The summed E-state index contributed by atoms with van der Waals surface area (Å²) in [6.45, 7) is 0. The number of ether oxygens (including phenoxy) is 1. The Hall–Kier alpha value is -2.93. The van der Waals surface area contributed by atoms with E-state index >= 15 is 0 Å². The van der Waals surface area contributed by atoms with Crippen LogP contribution in [-0.4, -0.2) is 54.9 Å². The number of pyridine rings is 1. The summed E-state index contributed by atoms with van der Waals surface area (Å²) in [6, 6.07) is 16.9. The van der Waals surface area contributed by atoms with Crippen molar-refractivity contribution in [3.63, 3.8) is 0 Å². The summed E-state index contributed by atoms with van der Waals surface area (Å²) in [4.78, 5) is 20.4. The normalized spacial score (nSPS) is 20.0. The van der Waals surface area contributed by atoms with Gasteiger partial charge in [0.15, 0.2) is 9.84 Å². The fourth-order valence-corrected chi connectivity index (χ4v) is 6.09. The maximum atomic E-state index is 13.8. The highest BCUT2D eigenvalue weighted by Gasteiger charge is 2.42. The average Bonchev–Trinajstić information content (AvgIpc) is 3.55. The number of para-hydroxylation sites is 1. The summed E-state index contributed by atoms with van der Waals surface area (Å²) < 4.78 is 29.4. The molecule has 1 saturated heterocycles. The Morgan fingerprint density at radius 2 is 1.77 bits per heavy atom. The highest BCUT2D eigenvalue weighted by molar-refractivity contribution is 7.91. The maximum Gasteiger partial charge on any atom is 0.255 e. The van der Waals surface area contributed by atoms with Crippen molar-refractivity contribution in [1.82, 2.24) is 9.88 Å². The minimum absolute atomic E-state index is 0.0591. The number of sulfone groups is 1. The van der Waals surface area contributed by atoms with E-state index in [1.165, 1.54) is 0 Å². The van der Waals surface area contributed by atoms with Gasteiger partial charge in [0.1, 0.15) is 5.75 Å². The molecule has 2 aromatic carbocycles. The summed E-state index contributed by atoms with van der Waals surface area (Å²) in [5.74, 6) is 0.868. The number of hydrogen-bond donors (Lipinski definition) is 0. The van der Waals surface area contributed by atoms with Gasteiger partial charge in [-0.1, -0.05) is 18.2 Å². The molecule has 1 aromatic heterocycles. The first-order valence-corrected chi connectivity index (χ1v) is 12.3. The predicted octanol–water partition coefficient (Wildman–Crippen LogP) is 3.70. The Labute approximate surface area is 181 Å². The van der Waals surface area contributed by atoms with Gasteiger partial charge in [0.2, 0.25) is 0 Å². The van der Waals surface area contributed by atoms with E-state index in [9.17, 15) is 13.2 Å². The van der Waals surface area contributed by atoms with Crippen LogP contribution in [0.25, 0.3) is 22.2 Å². The molecule has 7 heteroatoms. The zero-order valence-electron chi connectivity index (χ0n) is 17.3. The molecule has 0 spiro atoms. The standard InChI is InChI=1S/C24H24N2O4S/c1-30-19-10-6-16(7-11-19)23-14-21(20-4-2-3-5-22(20)25-23)24(27)26(17-8-9-17)18-12-13-31(28,29)15-18/h2-7,10-11,14,17-18H,8-9,12-13,15H2,1H3. The SMILES string of the molecule is COc1ccc(-c2cc(C(=O)N(C3CC3)C3CCS(=O)(=O)C3)c3ccccc3n2)cc1. The van der Waals surface area contributed by atoms with Gasteiger partial charge in [-0.25, -0.2) is 13.4 Å². The number of rotatable bonds is 5. The third-order valence-electron chi connectivity index (χ3n) is 6.11. The summed E-state index contributed by atoms with van der Waals surface area (Å²) >= 11 is 0. The molecule has 1 saturated carbocycles. The van der Waals surface area contributed by atoms with E-state index in [1.807, 2.05) is 59.5 Å². The van der Waals surface area contributed by atoms with Gasteiger partial charge in [-0.3, -0.25) is 4.79 Å². The van der Waals surface area contributed by atoms with Crippen molar-refractivity contribution in [2.45, 2.75) is 31.3 Å². The number of carbonyl (C=O) groups is 1. The number of aromatic nitrogens is 1. The highest BCUT2D eigenvalue weighted by atomic mass is 32.2. The lowest BCUT2D eigenvalue weighted by Crippen LogP contribution is -2.42. The van der Waals surface area contributed by atoms with E-state index < -0.39 is 9.84 Å². The van der Waals surface area contributed by atoms with Crippen LogP contribution in [-0.2, 0) is 9.84 Å². The van der Waals surface area contributed by atoms with Crippen LogP contribution >= 0.6 is 0 Å². The lowest BCUT2D eigenvalue weighted by atomic mass is 10.0. The van der Waals surface area contributed by atoms with Gasteiger partial charge in [-0.2, -0.15) is 0 Å². The van der Waals surface area contributed by atoms with E-state index in [2.05, 4.69) is 0 Å². The van der Waals surface area contributed by atoms with Crippen LogP contribution in [0.3, 0.4) is 0 Å². The topological polar surface area (TPSA) is 76.6 Å². The summed E-state index contributed by atoms with van der Waals surface area (Å²) in [5, 5.41) is 0.788. The monoisotopic (exact) mass is 436 g/mol. The lowest BCUT2D eigenvalue weighted by Gasteiger charge is -2.29. The Morgan fingerprint density at radius 1 is 1.03 bits per heavy atom. The van der Waals surface area contributed by atoms with Crippen LogP contribution in [0.2, 0.25) is 0 Å². The second kappa shape index (κ2) is 7.64. The van der Waals surface area contributed by atoms with Crippen LogP contribution in [0.5, 0.6) is 5.75 Å². The number of fused-ring (bicyclic) bond motifs is 1. The van der Waals surface area contributed by atoms with Gasteiger partial charge < -0.3 is 9.64 Å². The minimum Gasteiger partial charge on any atom is -0.497 e. The molecule has 6 nitrogen and oxygen atoms in total. The summed E-state index contributed by atoms with van der Waals surface area (Å²) in [7, 11) is -1.46. The number of nitrogens with zero attached hydrogens (tertiary/aromatic N) is 2. The summed E-state index contributed by atoms with van der Waals surface area (Å²) in [5.41, 5.74) is 2.92. The van der Waals surface area contributed by atoms with Crippen molar-refractivity contribution in [3.8, 4) is 17.0 Å². The van der Waals surface area contributed by atoms with Crippen molar-refractivity contribution >= 4 is 26.6 Å². The smallest absolute Gasteiger partial charge is 0.255 e. The first-order chi connectivity index (χ1) is 14.9. The lowest BCUT2D eigenvalue weighted by molar-refractivity contribution is 0.0683. The Bertz CT molecular complexity index is 1250. The first kappa shape index (κ1) is 20.0. The van der Waals surface area contributed by atoms with E-state index in [-0.39, 0.29) is 29.5 Å². The molecule has 0 N–H and O–H groups in total. The van der Waals surface area contributed by atoms with Crippen molar-refractivity contribution in [2.75, 3.05) is 18.6 Å². The zero-order chi connectivity index (χ0) is 21.6. The first-order valence-electron chi connectivity index (χ1n) is 10.5. The molecule has 2 aliphatic rings. The molecule has 2 fully saturated rings. The molecular formula is C24H24N2O4S. The molecule has 5 rings (SSSR count). The quantitative estimate of drug-likeness (QED) is 0.610. The third-order valence-corrected chi connectivity index (χ3v) is 7.86. The Kier molecular flexibility index (Phi) is 4.93. The van der Waals surface area contributed by atoms with E-state index in [0.717, 1.165) is 35.1 Å². The number of hydrogen-bond acceptors (Lipinski definition) is 5. The fourth-order valence-electron chi connectivity index (χ4n) is 4.38. The molecule has 1 amide bonds. The van der Waals surface area contributed by atoms with Crippen LogP contribution in [0.15, 0.2) is 54.6 Å².